The van der Waals surface area contributed by atoms with Crippen LogP contribution in [-0.2, 0) is 19.1 Å². The standard InChI is InChI=1S/C24H48N2O2.C13H26N2O2/c1-6-7-8-9-10-11-12-13-14-15-18-28-22(27)16-17-25-21-19-23(2,3)26-24(4,5)20-21;1-12(2)8-10(9-13(3,4)15-12)14-7-6-11(16)17-5/h21,25-26H,6-20H2,1-5H3;10,14-15H,6-9H2,1-5H3. The molecular weight excluding hydrogens is 564 g/mol. The number of piperidine rings is 2. The Morgan fingerprint density at radius 1 is 0.600 bits per heavy atom. The first-order chi connectivity index (χ1) is 21.0. The van der Waals surface area contributed by atoms with Gasteiger partial charge in [-0.05, 0) is 87.5 Å². The monoisotopic (exact) mass is 639 g/mol. The van der Waals surface area contributed by atoms with Gasteiger partial charge in [-0.1, -0.05) is 64.7 Å². The van der Waals surface area contributed by atoms with E-state index in [0.717, 1.165) is 32.1 Å². The predicted molar refractivity (Wildman–Crippen MR) is 189 cm³/mol. The van der Waals surface area contributed by atoms with Crippen LogP contribution in [0.4, 0.5) is 0 Å². The number of unbranched alkanes of at least 4 members (excludes halogenated alkanes) is 9. The number of carbonyl (C=O) groups excluding carboxylic acids is 2. The maximum Gasteiger partial charge on any atom is 0.307 e. The maximum atomic E-state index is 11.9. The van der Waals surface area contributed by atoms with Gasteiger partial charge in [-0.25, -0.2) is 0 Å². The van der Waals surface area contributed by atoms with Gasteiger partial charge in [-0.3, -0.25) is 9.59 Å². The van der Waals surface area contributed by atoms with Crippen molar-refractivity contribution in [3.8, 4) is 0 Å². The molecule has 2 fully saturated rings. The molecule has 266 valence electrons. The van der Waals surface area contributed by atoms with E-state index in [1.807, 2.05) is 0 Å². The van der Waals surface area contributed by atoms with Crippen molar-refractivity contribution in [3.05, 3.63) is 0 Å². The molecule has 8 heteroatoms. The van der Waals surface area contributed by atoms with Gasteiger partial charge >= 0.3 is 11.9 Å². The molecule has 8 nitrogen and oxygen atoms in total. The maximum absolute atomic E-state index is 11.9. The summed E-state index contributed by atoms with van der Waals surface area (Å²) in [6.45, 7) is 22.2. The van der Waals surface area contributed by atoms with E-state index in [9.17, 15) is 9.59 Å². The molecule has 0 saturated carbocycles. The van der Waals surface area contributed by atoms with Gasteiger partial charge in [0.25, 0.3) is 0 Å². The van der Waals surface area contributed by atoms with Crippen LogP contribution in [0.1, 0.15) is 165 Å². The van der Waals surface area contributed by atoms with E-state index in [-0.39, 0.29) is 34.1 Å². The van der Waals surface area contributed by atoms with E-state index in [1.165, 1.54) is 64.9 Å². The van der Waals surface area contributed by atoms with Crippen LogP contribution in [-0.4, -0.2) is 73.0 Å². The lowest BCUT2D eigenvalue weighted by Crippen LogP contribution is -2.61. The summed E-state index contributed by atoms with van der Waals surface area (Å²) in [5, 5.41) is 14.4. The van der Waals surface area contributed by atoms with Crippen molar-refractivity contribution in [2.45, 2.75) is 199 Å². The van der Waals surface area contributed by atoms with Crippen molar-refractivity contribution in [1.29, 1.82) is 0 Å². The Bertz CT molecular complexity index is 795. The van der Waals surface area contributed by atoms with E-state index < -0.39 is 0 Å². The Morgan fingerprint density at radius 2 is 0.956 bits per heavy atom. The molecule has 0 aromatic heterocycles. The average molecular weight is 639 g/mol. The fourth-order valence-electron chi connectivity index (χ4n) is 7.64. The second kappa shape index (κ2) is 20.9. The molecule has 4 N–H and O–H groups in total. The molecule has 0 bridgehead atoms. The van der Waals surface area contributed by atoms with Gasteiger partial charge in [0, 0.05) is 47.3 Å². The van der Waals surface area contributed by atoms with Crippen molar-refractivity contribution in [2.24, 2.45) is 0 Å². The topological polar surface area (TPSA) is 101 Å². The molecule has 2 aliphatic rings. The van der Waals surface area contributed by atoms with E-state index in [4.69, 9.17) is 4.74 Å². The summed E-state index contributed by atoms with van der Waals surface area (Å²) >= 11 is 0. The fraction of sp³-hybridized carbons (Fsp3) is 0.946. The largest absolute Gasteiger partial charge is 0.469 e. The van der Waals surface area contributed by atoms with Gasteiger partial charge < -0.3 is 30.7 Å². The zero-order valence-corrected chi connectivity index (χ0v) is 31.2. The molecule has 0 aromatic rings. The molecule has 2 aliphatic heterocycles. The fourth-order valence-corrected chi connectivity index (χ4v) is 7.64. The highest BCUT2D eigenvalue weighted by Crippen LogP contribution is 2.29. The number of ether oxygens (including phenoxy) is 2. The minimum absolute atomic E-state index is 0.0594. The minimum atomic E-state index is -0.148. The first-order valence-corrected chi connectivity index (χ1v) is 18.3. The Hall–Kier alpha value is -1.22. The zero-order valence-electron chi connectivity index (χ0n) is 31.2. The van der Waals surface area contributed by atoms with Gasteiger partial charge in [0.2, 0.25) is 0 Å². The van der Waals surface area contributed by atoms with E-state index in [2.05, 4.69) is 88.3 Å². The Kier molecular flexibility index (Phi) is 19.4. The zero-order chi connectivity index (χ0) is 34.0. The van der Waals surface area contributed by atoms with Crippen LogP contribution in [0.5, 0.6) is 0 Å². The lowest BCUT2D eigenvalue weighted by molar-refractivity contribution is -0.143. The molecule has 0 atom stereocenters. The van der Waals surface area contributed by atoms with Gasteiger partial charge in [0.05, 0.1) is 26.6 Å². The van der Waals surface area contributed by atoms with Crippen LogP contribution in [0, 0.1) is 0 Å². The van der Waals surface area contributed by atoms with Crippen molar-refractivity contribution in [2.75, 3.05) is 26.8 Å². The van der Waals surface area contributed by atoms with Crippen LogP contribution < -0.4 is 21.3 Å². The molecular formula is C37H74N4O4. The molecule has 0 spiro atoms. The van der Waals surface area contributed by atoms with Crippen molar-refractivity contribution in [1.82, 2.24) is 21.3 Å². The highest BCUT2D eigenvalue weighted by Gasteiger charge is 2.38. The highest BCUT2D eigenvalue weighted by molar-refractivity contribution is 5.69. The Labute approximate surface area is 278 Å². The summed E-state index contributed by atoms with van der Waals surface area (Å²) in [7, 11) is 1.43. The number of hydrogen-bond acceptors (Lipinski definition) is 8. The lowest BCUT2D eigenvalue weighted by Gasteiger charge is -2.46. The summed E-state index contributed by atoms with van der Waals surface area (Å²) in [5.74, 6) is -0.208. The lowest BCUT2D eigenvalue weighted by atomic mass is 9.79. The van der Waals surface area contributed by atoms with Gasteiger partial charge in [0.1, 0.15) is 0 Å². The molecule has 45 heavy (non-hydrogen) atoms. The van der Waals surface area contributed by atoms with Crippen LogP contribution in [0.2, 0.25) is 0 Å². The van der Waals surface area contributed by atoms with Gasteiger partial charge in [-0.15, -0.1) is 0 Å². The molecule has 2 heterocycles. The number of nitrogens with one attached hydrogen (secondary N) is 4. The minimum Gasteiger partial charge on any atom is -0.469 e. The average Bonchev–Trinajstić information content (AvgIpc) is 2.88. The van der Waals surface area contributed by atoms with E-state index >= 15 is 0 Å². The third-order valence-electron chi connectivity index (χ3n) is 8.89. The van der Waals surface area contributed by atoms with Crippen LogP contribution in [0.15, 0.2) is 0 Å². The normalized spacial score (nSPS) is 20.6. The van der Waals surface area contributed by atoms with Crippen molar-refractivity contribution in [3.63, 3.8) is 0 Å². The molecule has 0 radical (unpaired) electrons. The van der Waals surface area contributed by atoms with Crippen LogP contribution in [0.25, 0.3) is 0 Å². The quantitative estimate of drug-likeness (QED) is 0.0872. The Morgan fingerprint density at radius 3 is 1.33 bits per heavy atom. The molecule has 0 unspecified atom stereocenters. The summed E-state index contributed by atoms with van der Waals surface area (Å²) < 4.78 is 10.0. The molecule has 0 aromatic carbocycles. The SMILES string of the molecule is CCCCCCCCCCCCOC(=O)CCNC1CC(C)(C)NC(C)(C)C1.COC(=O)CCNC1CC(C)(C)NC(C)(C)C1. The second-order valence-corrected chi connectivity index (χ2v) is 16.4. The molecule has 2 rings (SSSR count). The van der Waals surface area contributed by atoms with Crippen molar-refractivity contribution >= 4 is 11.9 Å². The summed E-state index contributed by atoms with van der Waals surface area (Å²) in [6, 6.07) is 0.923. The van der Waals surface area contributed by atoms with Gasteiger partial charge in [-0.2, -0.15) is 0 Å². The first kappa shape index (κ1) is 41.8. The number of methoxy groups -OCH3 is 1. The van der Waals surface area contributed by atoms with E-state index in [0.29, 0.717) is 44.6 Å². The molecule has 2 saturated heterocycles. The Balaban J connectivity index is 0.000000507. The van der Waals surface area contributed by atoms with Crippen LogP contribution >= 0.6 is 0 Å². The third-order valence-corrected chi connectivity index (χ3v) is 8.89. The number of esters is 2. The van der Waals surface area contributed by atoms with Crippen molar-refractivity contribution < 1.29 is 19.1 Å². The van der Waals surface area contributed by atoms with Gasteiger partial charge in [0.15, 0.2) is 0 Å². The van der Waals surface area contributed by atoms with Crippen LogP contribution in [0.3, 0.4) is 0 Å². The summed E-state index contributed by atoms with van der Waals surface area (Å²) in [4.78, 5) is 23.0. The summed E-state index contributed by atoms with van der Waals surface area (Å²) in [6.07, 6.45) is 18.3. The third kappa shape index (κ3) is 21.3. The highest BCUT2D eigenvalue weighted by atomic mass is 16.5. The number of rotatable bonds is 19. The second-order valence-electron chi connectivity index (χ2n) is 16.4. The predicted octanol–water partition coefficient (Wildman–Crippen LogP) is 7.19. The number of carbonyl (C=O) groups is 2. The molecule has 0 aliphatic carbocycles. The molecule has 0 amide bonds. The first-order valence-electron chi connectivity index (χ1n) is 18.3. The van der Waals surface area contributed by atoms with E-state index in [1.54, 1.807) is 0 Å². The smallest absolute Gasteiger partial charge is 0.307 e. The summed E-state index contributed by atoms with van der Waals surface area (Å²) in [5.41, 5.74) is 0.556. The number of hydrogen-bond donors (Lipinski definition) is 4.